The first kappa shape index (κ1) is 16.2. The number of carbonyl (C=O) groups is 2. The number of benzene rings is 2. The molecule has 0 aliphatic heterocycles. The summed E-state index contributed by atoms with van der Waals surface area (Å²) < 4.78 is 0. The van der Waals surface area contributed by atoms with Crippen molar-refractivity contribution in [3.05, 3.63) is 58.7 Å². The van der Waals surface area contributed by atoms with E-state index in [-0.39, 0.29) is 0 Å². The van der Waals surface area contributed by atoms with Crippen molar-refractivity contribution in [2.45, 2.75) is 20.8 Å². The molecule has 5 heteroatoms. The van der Waals surface area contributed by atoms with Crippen molar-refractivity contribution in [1.82, 2.24) is 0 Å². The molecule has 2 N–H and O–H groups in total. The van der Waals surface area contributed by atoms with Crippen molar-refractivity contribution in [3.63, 3.8) is 0 Å². The molecule has 0 atom stereocenters. The van der Waals surface area contributed by atoms with Gasteiger partial charge >= 0.3 is 11.8 Å². The van der Waals surface area contributed by atoms with E-state index in [0.29, 0.717) is 16.9 Å². The Morgan fingerprint density at radius 2 is 1.52 bits per heavy atom. The van der Waals surface area contributed by atoms with Crippen LogP contribution in [0.4, 0.5) is 11.4 Å². The maximum atomic E-state index is 12.1. The second-order valence-electron chi connectivity index (χ2n) is 5.34. The number of hydrogen-bond acceptors (Lipinski definition) is 3. The van der Waals surface area contributed by atoms with Gasteiger partial charge in [0.2, 0.25) is 0 Å². The molecule has 0 aliphatic carbocycles. The minimum atomic E-state index is -0.813. The fourth-order valence-electron chi connectivity index (χ4n) is 2.42. The molecular weight excluding hydrogens is 290 g/mol. The zero-order valence-electron chi connectivity index (χ0n) is 13.2. The smallest absolute Gasteiger partial charge is 0.314 e. The summed E-state index contributed by atoms with van der Waals surface area (Å²) in [5, 5.41) is 14.1. The minimum Gasteiger partial charge on any atom is -0.317 e. The number of anilines is 2. The summed E-state index contributed by atoms with van der Waals surface area (Å²) in [4.78, 5) is 24.1. The number of rotatable bonds is 2. The predicted molar refractivity (Wildman–Crippen MR) is 89.1 cm³/mol. The summed E-state index contributed by atoms with van der Waals surface area (Å²) in [6, 6.07) is 12.4. The quantitative estimate of drug-likeness (QED) is 0.837. The second kappa shape index (κ2) is 6.75. The van der Waals surface area contributed by atoms with E-state index in [1.807, 2.05) is 39.0 Å². The van der Waals surface area contributed by atoms with E-state index in [1.165, 1.54) is 0 Å². The van der Waals surface area contributed by atoms with Gasteiger partial charge in [-0.15, -0.1) is 0 Å². The van der Waals surface area contributed by atoms with Crippen molar-refractivity contribution in [1.29, 1.82) is 5.26 Å². The lowest BCUT2D eigenvalue weighted by Gasteiger charge is -2.13. The van der Waals surface area contributed by atoms with E-state index in [2.05, 4.69) is 10.6 Å². The van der Waals surface area contributed by atoms with E-state index >= 15 is 0 Å². The third-order valence-corrected chi connectivity index (χ3v) is 3.42. The van der Waals surface area contributed by atoms with Crippen LogP contribution in [0.3, 0.4) is 0 Å². The van der Waals surface area contributed by atoms with Crippen molar-refractivity contribution in [2.24, 2.45) is 0 Å². The van der Waals surface area contributed by atoms with Crippen LogP contribution in [-0.4, -0.2) is 11.8 Å². The van der Waals surface area contributed by atoms with Gasteiger partial charge in [0, 0.05) is 5.69 Å². The topological polar surface area (TPSA) is 82.0 Å². The van der Waals surface area contributed by atoms with Crippen molar-refractivity contribution in [2.75, 3.05) is 10.6 Å². The van der Waals surface area contributed by atoms with Crippen molar-refractivity contribution in [3.8, 4) is 6.07 Å². The van der Waals surface area contributed by atoms with Gasteiger partial charge in [0.25, 0.3) is 0 Å². The number of carbonyl (C=O) groups excluding carboxylic acids is 2. The molecule has 23 heavy (non-hydrogen) atoms. The fourth-order valence-corrected chi connectivity index (χ4v) is 2.42. The maximum Gasteiger partial charge on any atom is 0.314 e. The monoisotopic (exact) mass is 307 g/mol. The number of aryl methyl sites for hydroxylation is 3. The van der Waals surface area contributed by atoms with Crippen LogP contribution in [0.25, 0.3) is 0 Å². The van der Waals surface area contributed by atoms with Gasteiger partial charge in [0.05, 0.1) is 11.3 Å². The molecule has 0 aliphatic rings. The Balaban J connectivity index is 2.16. The van der Waals surface area contributed by atoms with Crippen LogP contribution in [0.15, 0.2) is 36.4 Å². The molecule has 0 unspecified atom stereocenters. The van der Waals surface area contributed by atoms with Gasteiger partial charge in [-0.2, -0.15) is 5.26 Å². The Bertz CT molecular complexity index is 796. The molecular formula is C18H17N3O2. The molecule has 0 saturated carbocycles. The molecule has 0 saturated heterocycles. The molecule has 2 rings (SSSR count). The largest absolute Gasteiger partial charge is 0.317 e. The van der Waals surface area contributed by atoms with Crippen LogP contribution < -0.4 is 10.6 Å². The zero-order chi connectivity index (χ0) is 17.0. The molecule has 0 spiro atoms. The molecule has 5 nitrogen and oxygen atoms in total. The molecule has 2 amide bonds. The number of nitrogens with one attached hydrogen (secondary N) is 2. The van der Waals surface area contributed by atoms with Crippen LogP contribution >= 0.6 is 0 Å². The first-order valence-electron chi connectivity index (χ1n) is 7.11. The number of nitrogens with zero attached hydrogens (tertiary/aromatic N) is 1. The SMILES string of the molecule is Cc1cc(C)c(NC(=O)C(=O)Nc2ccccc2C#N)c(C)c1. The van der Waals surface area contributed by atoms with Crippen LogP contribution in [-0.2, 0) is 9.59 Å². The van der Waals surface area contributed by atoms with E-state index in [0.717, 1.165) is 16.7 Å². The van der Waals surface area contributed by atoms with E-state index in [9.17, 15) is 9.59 Å². The molecule has 2 aromatic carbocycles. The second-order valence-corrected chi connectivity index (χ2v) is 5.34. The van der Waals surface area contributed by atoms with Gasteiger partial charge in [-0.25, -0.2) is 0 Å². The van der Waals surface area contributed by atoms with E-state index in [1.54, 1.807) is 24.3 Å². The average Bonchev–Trinajstić information content (AvgIpc) is 2.51. The molecule has 0 heterocycles. The van der Waals surface area contributed by atoms with Crippen LogP contribution in [0.2, 0.25) is 0 Å². The molecule has 0 aromatic heterocycles. The van der Waals surface area contributed by atoms with E-state index in [4.69, 9.17) is 5.26 Å². The Morgan fingerprint density at radius 3 is 2.13 bits per heavy atom. The van der Waals surface area contributed by atoms with Crippen LogP contribution in [0.1, 0.15) is 22.3 Å². The number of amides is 2. The van der Waals surface area contributed by atoms with Gasteiger partial charge in [0.1, 0.15) is 6.07 Å². The molecule has 0 radical (unpaired) electrons. The summed E-state index contributed by atoms with van der Waals surface area (Å²) in [7, 11) is 0. The highest BCUT2D eigenvalue weighted by molar-refractivity contribution is 6.43. The summed E-state index contributed by atoms with van der Waals surface area (Å²) in [5.41, 5.74) is 4.11. The van der Waals surface area contributed by atoms with Crippen LogP contribution in [0.5, 0.6) is 0 Å². The first-order chi connectivity index (χ1) is 10.9. The predicted octanol–water partition coefficient (Wildman–Crippen LogP) is 3.06. The Hall–Kier alpha value is -3.13. The van der Waals surface area contributed by atoms with Crippen molar-refractivity contribution >= 4 is 23.2 Å². The third kappa shape index (κ3) is 3.74. The normalized spacial score (nSPS) is 9.83. The summed E-state index contributed by atoms with van der Waals surface area (Å²) in [6.45, 7) is 5.72. The summed E-state index contributed by atoms with van der Waals surface area (Å²) in [5.74, 6) is -1.58. The lowest BCUT2D eigenvalue weighted by molar-refractivity contribution is -0.133. The molecule has 0 bridgehead atoms. The molecule has 116 valence electrons. The lowest BCUT2D eigenvalue weighted by atomic mass is 10.1. The number of nitriles is 1. The third-order valence-electron chi connectivity index (χ3n) is 3.42. The molecule has 2 aromatic rings. The minimum absolute atomic E-state index is 0.302. The van der Waals surface area contributed by atoms with Gasteiger partial charge in [-0.1, -0.05) is 29.8 Å². The van der Waals surface area contributed by atoms with Crippen molar-refractivity contribution < 1.29 is 9.59 Å². The van der Waals surface area contributed by atoms with Gasteiger partial charge in [0.15, 0.2) is 0 Å². The lowest BCUT2D eigenvalue weighted by Crippen LogP contribution is -2.30. The Morgan fingerprint density at radius 1 is 0.957 bits per heavy atom. The summed E-state index contributed by atoms with van der Waals surface area (Å²) in [6.07, 6.45) is 0. The van der Waals surface area contributed by atoms with Gasteiger partial charge < -0.3 is 10.6 Å². The average molecular weight is 307 g/mol. The zero-order valence-corrected chi connectivity index (χ0v) is 13.2. The van der Waals surface area contributed by atoms with Gasteiger partial charge in [-0.05, 0) is 44.0 Å². The highest BCUT2D eigenvalue weighted by atomic mass is 16.2. The number of hydrogen-bond donors (Lipinski definition) is 2. The maximum absolute atomic E-state index is 12.1. The fraction of sp³-hybridized carbons (Fsp3) is 0.167. The summed E-state index contributed by atoms with van der Waals surface area (Å²) >= 11 is 0. The standard InChI is InChI=1S/C18H17N3O2/c1-11-8-12(2)16(13(3)9-11)21-18(23)17(22)20-15-7-5-4-6-14(15)10-19/h4-9H,1-3H3,(H,20,22)(H,21,23). The highest BCUT2D eigenvalue weighted by Gasteiger charge is 2.17. The highest BCUT2D eigenvalue weighted by Crippen LogP contribution is 2.22. The van der Waals surface area contributed by atoms with Gasteiger partial charge in [-0.3, -0.25) is 9.59 Å². The number of para-hydroxylation sites is 1. The van der Waals surface area contributed by atoms with E-state index < -0.39 is 11.8 Å². The Labute approximate surface area is 134 Å². The first-order valence-corrected chi connectivity index (χ1v) is 7.11. The van der Waals surface area contributed by atoms with Crippen LogP contribution in [0, 0.1) is 32.1 Å². The Kier molecular flexibility index (Phi) is 4.77. The molecule has 0 fully saturated rings.